The molecule has 1 aromatic carbocycles. The largest absolute Gasteiger partial charge is 0.384 e. The summed E-state index contributed by atoms with van der Waals surface area (Å²) in [7, 11) is 1.72. The predicted molar refractivity (Wildman–Crippen MR) is 60.7 cm³/mol. The zero-order valence-electron chi connectivity index (χ0n) is 8.04. The quantitative estimate of drug-likeness (QED) is 0.865. The third-order valence-electron chi connectivity index (χ3n) is 2.12. The maximum absolute atomic E-state index is 13.5. The fraction of sp³-hybridized carbons (Fsp3) is 0.100. The average Bonchev–Trinajstić information content (AvgIpc) is 2.51. The molecule has 2 N–H and O–H groups in total. The molecule has 0 unspecified atom stereocenters. The lowest BCUT2D eigenvalue weighted by molar-refractivity contribution is 0.629. The van der Waals surface area contributed by atoms with Gasteiger partial charge in [0.25, 0.3) is 0 Å². The van der Waals surface area contributed by atoms with Crippen molar-refractivity contribution >= 4 is 21.7 Å². The number of aromatic nitrogens is 2. The van der Waals surface area contributed by atoms with Gasteiger partial charge < -0.3 is 5.73 Å². The minimum absolute atomic E-state index is 0.309. The Kier molecular flexibility index (Phi) is 2.48. The number of nitrogens with two attached hydrogens (primary N) is 1. The second-order valence-corrected chi connectivity index (χ2v) is 4.12. The molecule has 0 radical (unpaired) electrons. The van der Waals surface area contributed by atoms with E-state index in [1.54, 1.807) is 25.2 Å². The summed E-state index contributed by atoms with van der Waals surface area (Å²) in [6.07, 6.45) is 0. The van der Waals surface area contributed by atoms with E-state index in [1.807, 2.05) is 0 Å². The minimum atomic E-state index is -0.309. The van der Waals surface area contributed by atoms with Crippen molar-refractivity contribution in [1.82, 2.24) is 9.78 Å². The summed E-state index contributed by atoms with van der Waals surface area (Å²) in [6.45, 7) is 0. The number of rotatable bonds is 1. The van der Waals surface area contributed by atoms with Crippen LogP contribution in [-0.2, 0) is 7.05 Å². The summed E-state index contributed by atoms with van der Waals surface area (Å²) < 4.78 is 15.8. The molecule has 5 heteroatoms. The van der Waals surface area contributed by atoms with Crippen LogP contribution in [0.25, 0.3) is 11.3 Å². The van der Waals surface area contributed by atoms with Crippen molar-refractivity contribution in [3.63, 3.8) is 0 Å². The highest BCUT2D eigenvalue weighted by atomic mass is 79.9. The van der Waals surface area contributed by atoms with Gasteiger partial charge in [0.2, 0.25) is 0 Å². The molecule has 0 saturated carbocycles. The normalized spacial score (nSPS) is 10.6. The first kappa shape index (κ1) is 10.2. The molecule has 2 aromatic rings. The molecule has 0 aliphatic rings. The van der Waals surface area contributed by atoms with Gasteiger partial charge in [0.05, 0.1) is 5.69 Å². The van der Waals surface area contributed by atoms with Gasteiger partial charge in [-0.05, 0) is 18.2 Å². The molecule has 0 fully saturated rings. The van der Waals surface area contributed by atoms with Crippen LogP contribution in [0.4, 0.5) is 10.2 Å². The lowest BCUT2D eigenvalue weighted by Gasteiger charge is -1.99. The standard InChI is InChI=1S/C10H9BrFN3/c1-15-10(13)5-9(14-15)7-4-6(11)2-3-8(7)12/h2-5H,13H2,1H3. The van der Waals surface area contributed by atoms with E-state index in [1.165, 1.54) is 10.7 Å². The fourth-order valence-corrected chi connectivity index (χ4v) is 1.67. The highest BCUT2D eigenvalue weighted by Crippen LogP contribution is 2.26. The van der Waals surface area contributed by atoms with E-state index in [9.17, 15) is 4.39 Å². The molecular weight excluding hydrogens is 261 g/mol. The number of hydrogen-bond donors (Lipinski definition) is 1. The molecule has 0 aliphatic carbocycles. The van der Waals surface area contributed by atoms with Gasteiger partial charge in [-0.25, -0.2) is 4.39 Å². The summed E-state index contributed by atoms with van der Waals surface area (Å²) in [5, 5.41) is 4.11. The molecule has 0 amide bonds. The zero-order valence-corrected chi connectivity index (χ0v) is 9.62. The SMILES string of the molecule is Cn1nc(-c2cc(Br)ccc2F)cc1N. The highest BCUT2D eigenvalue weighted by Gasteiger charge is 2.10. The number of hydrogen-bond acceptors (Lipinski definition) is 2. The second-order valence-electron chi connectivity index (χ2n) is 3.20. The monoisotopic (exact) mass is 269 g/mol. The minimum Gasteiger partial charge on any atom is -0.384 e. The van der Waals surface area contributed by atoms with Crippen molar-refractivity contribution in [3.8, 4) is 11.3 Å². The summed E-state index contributed by atoms with van der Waals surface area (Å²) in [6, 6.07) is 6.36. The van der Waals surface area contributed by atoms with Crippen LogP contribution in [-0.4, -0.2) is 9.78 Å². The van der Waals surface area contributed by atoms with Gasteiger partial charge in [-0.1, -0.05) is 15.9 Å². The number of nitrogens with zero attached hydrogens (tertiary/aromatic N) is 2. The Bertz CT molecular complexity index is 488. The molecule has 78 valence electrons. The summed E-state index contributed by atoms with van der Waals surface area (Å²) in [5.74, 6) is 0.195. The van der Waals surface area contributed by atoms with E-state index in [0.717, 1.165) is 4.47 Å². The lowest BCUT2D eigenvalue weighted by atomic mass is 10.1. The van der Waals surface area contributed by atoms with Crippen molar-refractivity contribution < 1.29 is 4.39 Å². The number of nitrogen functional groups attached to an aromatic ring is 1. The summed E-state index contributed by atoms with van der Waals surface area (Å²) in [5.41, 5.74) is 6.61. The number of benzene rings is 1. The molecule has 0 bridgehead atoms. The van der Waals surface area contributed by atoms with Gasteiger partial charge in [0.1, 0.15) is 11.6 Å². The summed E-state index contributed by atoms with van der Waals surface area (Å²) in [4.78, 5) is 0. The van der Waals surface area contributed by atoms with Gasteiger partial charge in [0, 0.05) is 23.2 Å². The van der Waals surface area contributed by atoms with Crippen LogP contribution in [0.3, 0.4) is 0 Å². The van der Waals surface area contributed by atoms with E-state index < -0.39 is 0 Å². The molecule has 1 heterocycles. The van der Waals surface area contributed by atoms with Crippen molar-refractivity contribution in [1.29, 1.82) is 0 Å². The Hall–Kier alpha value is -1.36. The van der Waals surface area contributed by atoms with Crippen LogP contribution in [0.1, 0.15) is 0 Å². The topological polar surface area (TPSA) is 43.8 Å². The van der Waals surface area contributed by atoms with E-state index in [4.69, 9.17) is 5.73 Å². The molecule has 0 spiro atoms. The number of halogens is 2. The third-order valence-corrected chi connectivity index (χ3v) is 2.61. The van der Waals surface area contributed by atoms with Crippen LogP contribution >= 0.6 is 15.9 Å². The van der Waals surface area contributed by atoms with Gasteiger partial charge in [-0.15, -0.1) is 0 Å². The van der Waals surface area contributed by atoms with Crippen molar-refractivity contribution in [2.24, 2.45) is 7.05 Å². The molecule has 1 aromatic heterocycles. The molecule has 0 atom stereocenters. The maximum Gasteiger partial charge on any atom is 0.132 e. The smallest absolute Gasteiger partial charge is 0.132 e. The molecule has 3 nitrogen and oxygen atoms in total. The van der Waals surface area contributed by atoms with E-state index in [0.29, 0.717) is 17.1 Å². The Balaban J connectivity index is 2.58. The van der Waals surface area contributed by atoms with Gasteiger partial charge in [-0.2, -0.15) is 5.10 Å². The summed E-state index contributed by atoms with van der Waals surface area (Å²) >= 11 is 3.29. The average molecular weight is 270 g/mol. The van der Waals surface area contributed by atoms with Crippen molar-refractivity contribution in [2.45, 2.75) is 0 Å². The van der Waals surface area contributed by atoms with Crippen LogP contribution in [0.15, 0.2) is 28.7 Å². The van der Waals surface area contributed by atoms with Crippen LogP contribution in [0.2, 0.25) is 0 Å². The molecule has 0 saturated heterocycles. The molecule has 15 heavy (non-hydrogen) atoms. The lowest BCUT2D eigenvalue weighted by Crippen LogP contribution is -1.96. The van der Waals surface area contributed by atoms with Gasteiger partial charge in [0.15, 0.2) is 0 Å². The number of aryl methyl sites for hydroxylation is 1. The first-order chi connectivity index (χ1) is 7.08. The van der Waals surface area contributed by atoms with Crippen LogP contribution in [0.5, 0.6) is 0 Å². The van der Waals surface area contributed by atoms with Crippen LogP contribution in [0, 0.1) is 5.82 Å². The Morgan fingerprint density at radius 2 is 2.13 bits per heavy atom. The first-order valence-electron chi connectivity index (χ1n) is 4.33. The third kappa shape index (κ3) is 1.87. The zero-order chi connectivity index (χ0) is 11.0. The Morgan fingerprint density at radius 1 is 1.40 bits per heavy atom. The van der Waals surface area contributed by atoms with Gasteiger partial charge in [-0.3, -0.25) is 4.68 Å². The Labute approximate surface area is 94.8 Å². The van der Waals surface area contributed by atoms with Crippen LogP contribution < -0.4 is 5.73 Å². The van der Waals surface area contributed by atoms with E-state index in [2.05, 4.69) is 21.0 Å². The fourth-order valence-electron chi connectivity index (χ4n) is 1.31. The predicted octanol–water partition coefficient (Wildman–Crippen LogP) is 2.57. The number of anilines is 1. The highest BCUT2D eigenvalue weighted by molar-refractivity contribution is 9.10. The first-order valence-corrected chi connectivity index (χ1v) is 5.12. The molecule has 2 rings (SSSR count). The van der Waals surface area contributed by atoms with Crippen molar-refractivity contribution in [3.05, 3.63) is 34.6 Å². The maximum atomic E-state index is 13.5. The van der Waals surface area contributed by atoms with E-state index >= 15 is 0 Å². The second kappa shape index (κ2) is 3.66. The van der Waals surface area contributed by atoms with E-state index in [-0.39, 0.29) is 5.82 Å². The van der Waals surface area contributed by atoms with Gasteiger partial charge >= 0.3 is 0 Å². The molecular formula is C10H9BrFN3. The van der Waals surface area contributed by atoms with Crippen molar-refractivity contribution in [2.75, 3.05) is 5.73 Å². The Morgan fingerprint density at radius 3 is 2.73 bits per heavy atom. The molecule has 0 aliphatic heterocycles.